The van der Waals surface area contributed by atoms with E-state index in [1.807, 2.05) is 0 Å². The van der Waals surface area contributed by atoms with Gasteiger partial charge in [0.25, 0.3) is 0 Å². The van der Waals surface area contributed by atoms with Crippen LogP contribution in [0, 0.1) is 5.92 Å². The Balaban J connectivity index is 1.24. The molecular weight excluding hydrogens is 497 g/mol. The summed E-state index contributed by atoms with van der Waals surface area (Å²) in [5.74, 6) is -1.45. The molecule has 35 heavy (non-hydrogen) atoms. The van der Waals surface area contributed by atoms with Crippen molar-refractivity contribution in [2.75, 3.05) is 13.2 Å². The smallest absolute Gasteiger partial charge is 0.368 e. The molecule has 2 bridgehead atoms. The van der Waals surface area contributed by atoms with Crippen molar-refractivity contribution in [1.82, 2.24) is 16.0 Å². The molecule has 0 spiro atoms. The number of halogens is 6. The van der Waals surface area contributed by atoms with Gasteiger partial charge in [0, 0.05) is 24.9 Å². The summed E-state index contributed by atoms with van der Waals surface area (Å²) in [6.07, 6.45) is -4.53. The number of hydrogen-bond acceptors (Lipinski definition) is 4. The number of ether oxygens (including phenoxy) is 1. The fourth-order valence-electron chi connectivity index (χ4n) is 6.04. The molecule has 5 rings (SSSR count). The zero-order valence-corrected chi connectivity index (χ0v) is 20.2. The number of nitrogens with one attached hydrogen (secondary N) is 3. The van der Waals surface area contributed by atoms with E-state index in [-0.39, 0.29) is 50.8 Å². The van der Waals surface area contributed by atoms with Crippen LogP contribution in [-0.4, -0.2) is 72.1 Å². The minimum atomic E-state index is -4.35. The normalized spacial score (nSPS) is 41.9. The molecule has 0 radical (unpaired) electrons. The summed E-state index contributed by atoms with van der Waals surface area (Å²) >= 11 is 5.87. The van der Waals surface area contributed by atoms with E-state index in [0.29, 0.717) is 38.5 Å². The molecule has 0 aromatic heterocycles. The van der Waals surface area contributed by atoms with Crippen LogP contribution in [0.25, 0.3) is 0 Å². The lowest BCUT2D eigenvalue weighted by atomic mass is 9.60. The predicted octanol–water partition coefficient (Wildman–Crippen LogP) is 3.46. The Kier molecular flexibility index (Phi) is 7.89. The molecule has 5 aliphatic rings. The highest BCUT2D eigenvalue weighted by Gasteiger charge is 2.56. The maximum Gasteiger partial charge on any atom is 0.403 e. The number of amides is 2. The van der Waals surface area contributed by atoms with Gasteiger partial charge in [-0.3, -0.25) is 9.59 Å². The molecule has 4 aliphatic carbocycles. The van der Waals surface area contributed by atoms with Crippen LogP contribution in [0.15, 0.2) is 0 Å². The molecule has 1 aliphatic heterocycles. The molecule has 2 amide bonds. The standard InChI is InChI=1S/C23H33ClF5N3O3/c24-15-3-2-14(9-16(15)25)35-12-19(33)31-21-5-7-22(8-6-21,17(26)10-21)32-20(34)13-1-4-18(30-11-13)23(27,28)29/h13-18,30H,1-12H2,(H,31,33)(H,32,34). The zero-order valence-electron chi connectivity index (χ0n) is 19.4. The van der Waals surface area contributed by atoms with Gasteiger partial charge in [-0.05, 0) is 51.4 Å². The Morgan fingerprint density at radius 3 is 2.31 bits per heavy atom. The first-order valence-electron chi connectivity index (χ1n) is 12.4. The van der Waals surface area contributed by atoms with Gasteiger partial charge in [0.05, 0.1) is 22.9 Å². The number of carbonyl (C=O) groups is 2. The molecule has 6 atom stereocenters. The Bertz CT molecular complexity index is 785. The van der Waals surface area contributed by atoms with E-state index < -0.39 is 52.8 Å². The average Bonchev–Trinajstić information content (AvgIpc) is 2.80. The van der Waals surface area contributed by atoms with Crippen LogP contribution in [0.1, 0.15) is 64.2 Å². The number of piperidine rings is 1. The molecule has 6 nitrogen and oxygen atoms in total. The third kappa shape index (κ3) is 6.04. The highest BCUT2D eigenvalue weighted by molar-refractivity contribution is 6.21. The summed E-state index contributed by atoms with van der Waals surface area (Å²) < 4.78 is 73.2. The largest absolute Gasteiger partial charge is 0.403 e. The lowest BCUT2D eigenvalue weighted by Gasteiger charge is -2.55. The van der Waals surface area contributed by atoms with Crippen molar-refractivity contribution in [3.8, 4) is 0 Å². The van der Waals surface area contributed by atoms with E-state index in [1.165, 1.54) is 0 Å². The van der Waals surface area contributed by atoms with Gasteiger partial charge in [0.1, 0.15) is 25.0 Å². The number of alkyl halides is 6. The molecule has 5 fully saturated rings. The number of rotatable bonds is 6. The Morgan fingerprint density at radius 2 is 1.74 bits per heavy atom. The maximum absolute atomic E-state index is 15.3. The van der Waals surface area contributed by atoms with Crippen LogP contribution in [0.3, 0.4) is 0 Å². The fraction of sp³-hybridized carbons (Fsp3) is 0.913. The minimum absolute atomic E-state index is 0.0436. The number of carbonyl (C=O) groups excluding carboxylic acids is 2. The molecule has 1 saturated heterocycles. The SMILES string of the molecule is O=C(COC1CCC(Cl)C(F)C1)NC12CCC(NC(=O)C3CCC(C(F)(F)F)NC3)(CC1)C(F)C2. The van der Waals surface area contributed by atoms with Crippen molar-refractivity contribution in [2.45, 2.75) is 111 Å². The van der Waals surface area contributed by atoms with Crippen molar-refractivity contribution >= 4 is 23.4 Å². The summed E-state index contributed by atoms with van der Waals surface area (Å²) in [5.41, 5.74) is -1.79. The van der Waals surface area contributed by atoms with Gasteiger partial charge in [-0.1, -0.05) is 0 Å². The zero-order chi connectivity index (χ0) is 25.4. The first-order chi connectivity index (χ1) is 16.4. The van der Waals surface area contributed by atoms with Crippen molar-refractivity contribution in [2.24, 2.45) is 5.92 Å². The highest BCUT2D eigenvalue weighted by Crippen LogP contribution is 2.48. The van der Waals surface area contributed by atoms with Gasteiger partial charge in [-0.25, -0.2) is 8.78 Å². The first-order valence-corrected chi connectivity index (χ1v) is 12.8. The van der Waals surface area contributed by atoms with E-state index in [9.17, 15) is 27.2 Å². The van der Waals surface area contributed by atoms with Gasteiger partial charge in [-0.2, -0.15) is 13.2 Å². The summed E-state index contributed by atoms with van der Waals surface area (Å²) in [6, 6.07) is -1.62. The van der Waals surface area contributed by atoms with Crippen LogP contribution in [0.5, 0.6) is 0 Å². The van der Waals surface area contributed by atoms with E-state index in [0.717, 1.165) is 0 Å². The topological polar surface area (TPSA) is 79.5 Å². The van der Waals surface area contributed by atoms with Gasteiger partial charge in [0.15, 0.2) is 0 Å². The van der Waals surface area contributed by atoms with Gasteiger partial charge < -0.3 is 20.7 Å². The predicted molar refractivity (Wildman–Crippen MR) is 118 cm³/mol. The molecule has 1 heterocycles. The summed E-state index contributed by atoms with van der Waals surface area (Å²) in [5, 5.41) is 7.58. The molecule has 6 unspecified atom stereocenters. The second-order valence-electron chi connectivity index (χ2n) is 10.7. The number of fused-ring (bicyclic) bond motifs is 3. The van der Waals surface area contributed by atoms with E-state index in [1.54, 1.807) is 0 Å². The van der Waals surface area contributed by atoms with Crippen molar-refractivity contribution in [3.63, 3.8) is 0 Å². The summed E-state index contributed by atoms with van der Waals surface area (Å²) in [4.78, 5) is 25.3. The molecule has 0 aromatic rings. The lowest BCUT2D eigenvalue weighted by molar-refractivity contribution is -0.164. The van der Waals surface area contributed by atoms with Gasteiger partial charge in [-0.15, -0.1) is 11.6 Å². The molecule has 12 heteroatoms. The van der Waals surface area contributed by atoms with Crippen molar-refractivity contribution in [1.29, 1.82) is 0 Å². The molecule has 0 aromatic carbocycles. The summed E-state index contributed by atoms with van der Waals surface area (Å²) in [6.45, 7) is -0.336. The quantitative estimate of drug-likeness (QED) is 0.364. The monoisotopic (exact) mass is 529 g/mol. The molecule has 4 saturated carbocycles. The van der Waals surface area contributed by atoms with E-state index >= 15 is 4.39 Å². The Hall–Kier alpha value is -1.20. The Labute approximate surface area is 206 Å². The third-order valence-electron chi connectivity index (χ3n) is 8.32. The van der Waals surface area contributed by atoms with Crippen LogP contribution in [-0.2, 0) is 14.3 Å². The average molecular weight is 530 g/mol. The fourth-order valence-corrected chi connectivity index (χ4v) is 6.27. The van der Waals surface area contributed by atoms with E-state index in [4.69, 9.17) is 16.3 Å². The van der Waals surface area contributed by atoms with Crippen LogP contribution in [0.4, 0.5) is 22.0 Å². The Morgan fingerprint density at radius 1 is 1.03 bits per heavy atom. The van der Waals surface area contributed by atoms with Gasteiger partial charge in [0.2, 0.25) is 11.8 Å². The highest BCUT2D eigenvalue weighted by atomic mass is 35.5. The summed E-state index contributed by atoms with van der Waals surface area (Å²) in [7, 11) is 0. The second-order valence-corrected chi connectivity index (χ2v) is 11.3. The second kappa shape index (κ2) is 10.3. The lowest BCUT2D eigenvalue weighted by Crippen LogP contribution is -2.70. The van der Waals surface area contributed by atoms with Gasteiger partial charge >= 0.3 is 6.18 Å². The minimum Gasteiger partial charge on any atom is -0.368 e. The third-order valence-corrected chi connectivity index (χ3v) is 8.81. The molecule has 200 valence electrons. The van der Waals surface area contributed by atoms with Crippen LogP contribution >= 0.6 is 11.6 Å². The number of hydrogen-bond donors (Lipinski definition) is 3. The maximum atomic E-state index is 15.3. The molecular formula is C23H33ClF5N3O3. The van der Waals surface area contributed by atoms with Crippen molar-refractivity contribution < 1.29 is 36.3 Å². The molecule has 3 N–H and O–H groups in total. The van der Waals surface area contributed by atoms with Crippen LogP contribution < -0.4 is 16.0 Å². The van der Waals surface area contributed by atoms with Crippen molar-refractivity contribution in [3.05, 3.63) is 0 Å². The van der Waals surface area contributed by atoms with Crippen LogP contribution in [0.2, 0.25) is 0 Å². The first kappa shape index (κ1) is 26.9. The van der Waals surface area contributed by atoms with E-state index in [2.05, 4.69) is 16.0 Å².